The number of nitrogens with two attached hydrogens (primary N) is 1. The zero-order valence-corrected chi connectivity index (χ0v) is 9.98. The molecule has 1 aliphatic rings. The lowest BCUT2D eigenvalue weighted by Gasteiger charge is -2.08. The highest BCUT2D eigenvalue weighted by Gasteiger charge is 2.21. The molecule has 0 atom stereocenters. The van der Waals surface area contributed by atoms with Crippen LogP contribution in [0.2, 0.25) is 0 Å². The second-order valence-electron chi connectivity index (χ2n) is 4.40. The predicted octanol–water partition coefficient (Wildman–Crippen LogP) is 1.05. The van der Waals surface area contributed by atoms with E-state index >= 15 is 0 Å². The highest BCUT2D eigenvalue weighted by molar-refractivity contribution is 5.77. The smallest absolute Gasteiger partial charge is 0.257 e. The normalized spacial score (nSPS) is 13.7. The maximum Gasteiger partial charge on any atom is 0.257 e. The number of ether oxygens (including phenoxy) is 1. The lowest BCUT2D eigenvalue weighted by molar-refractivity contribution is -0.123. The summed E-state index contributed by atoms with van der Waals surface area (Å²) in [6, 6.07) is 6.75. The monoisotopic (exact) mass is 245 g/mol. The molecule has 5 nitrogen and oxygen atoms in total. The molecule has 1 aromatic carbocycles. The number of benzene rings is 1. The number of nitrogens with zero attached hydrogens (tertiary/aromatic N) is 1. The van der Waals surface area contributed by atoms with E-state index in [2.05, 4.69) is 5.32 Å². The van der Waals surface area contributed by atoms with Gasteiger partial charge >= 0.3 is 0 Å². The molecule has 2 rings (SSSR count). The topological polar surface area (TPSA) is 88.1 Å². The SMILES string of the molecule is N#Cc1cc(N)ccc1OCC(=O)NCC1CC1. The fourth-order valence-corrected chi connectivity index (χ4v) is 1.54. The summed E-state index contributed by atoms with van der Waals surface area (Å²) in [6.07, 6.45) is 2.38. The van der Waals surface area contributed by atoms with Gasteiger partial charge in [0, 0.05) is 12.2 Å². The van der Waals surface area contributed by atoms with Gasteiger partial charge in [-0.05, 0) is 37.0 Å². The van der Waals surface area contributed by atoms with Gasteiger partial charge in [-0.1, -0.05) is 0 Å². The summed E-state index contributed by atoms with van der Waals surface area (Å²) in [5.74, 6) is 0.857. The molecule has 3 N–H and O–H groups in total. The maximum absolute atomic E-state index is 11.5. The standard InChI is InChI=1S/C13H15N3O2/c14-6-10-5-11(15)3-4-12(10)18-8-13(17)16-7-9-1-2-9/h3-5,9H,1-2,7-8,15H2,(H,16,17). The fraction of sp³-hybridized carbons (Fsp3) is 0.385. The van der Waals surface area contributed by atoms with E-state index < -0.39 is 0 Å². The summed E-state index contributed by atoms with van der Waals surface area (Å²) in [4.78, 5) is 11.5. The molecule has 0 spiro atoms. The van der Waals surface area contributed by atoms with Crippen molar-refractivity contribution in [3.8, 4) is 11.8 Å². The molecule has 0 aliphatic heterocycles. The van der Waals surface area contributed by atoms with Gasteiger partial charge < -0.3 is 15.8 Å². The first kappa shape index (κ1) is 12.2. The quantitative estimate of drug-likeness (QED) is 0.759. The van der Waals surface area contributed by atoms with Crippen LogP contribution in [-0.4, -0.2) is 19.1 Å². The first-order valence-corrected chi connectivity index (χ1v) is 5.88. The number of carbonyl (C=O) groups is 1. The number of hydrogen-bond donors (Lipinski definition) is 2. The molecule has 1 saturated carbocycles. The van der Waals surface area contributed by atoms with Gasteiger partial charge in [0.05, 0.1) is 5.56 Å². The Morgan fingerprint density at radius 3 is 3.00 bits per heavy atom. The van der Waals surface area contributed by atoms with Crippen molar-refractivity contribution < 1.29 is 9.53 Å². The van der Waals surface area contributed by atoms with E-state index in [1.54, 1.807) is 12.1 Å². The molecular weight excluding hydrogens is 230 g/mol. The summed E-state index contributed by atoms with van der Waals surface area (Å²) in [5.41, 5.74) is 6.40. The minimum atomic E-state index is -0.164. The Balaban J connectivity index is 1.85. The van der Waals surface area contributed by atoms with Crippen molar-refractivity contribution in [2.45, 2.75) is 12.8 Å². The third-order valence-corrected chi connectivity index (χ3v) is 2.77. The van der Waals surface area contributed by atoms with Gasteiger partial charge in [-0.2, -0.15) is 5.26 Å². The minimum absolute atomic E-state index is 0.0781. The number of nitriles is 1. The summed E-state index contributed by atoms with van der Waals surface area (Å²) in [7, 11) is 0. The Hall–Kier alpha value is -2.22. The van der Waals surface area contributed by atoms with E-state index in [1.165, 1.54) is 18.9 Å². The first-order chi connectivity index (χ1) is 8.69. The van der Waals surface area contributed by atoms with E-state index in [0.29, 0.717) is 22.9 Å². The van der Waals surface area contributed by atoms with Crippen molar-refractivity contribution in [3.05, 3.63) is 23.8 Å². The molecule has 1 aromatic rings. The molecule has 1 fully saturated rings. The molecule has 5 heteroatoms. The number of amides is 1. The van der Waals surface area contributed by atoms with Gasteiger partial charge in [0.1, 0.15) is 11.8 Å². The van der Waals surface area contributed by atoms with E-state index in [0.717, 1.165) is 6.54 Å². The molecule has 0 bridgehead atoms. The van der Waals surface area contributed by atoms with E-state index in [-0.39, 0.29) is 12.5 Å². The number of carbonyl (C=O) groups excluding carboxylic acids is 1. The molecule has 94 valence electrons. The van der Waals surface area contributed by atoms with Crippen molar-refractivity contribution in [2.75, 3.05) is 18.9 Å². The van der Waals surface area contributed by atoms with E-state index in [4.69, 9.17) is 15.7 Å². The summed E-state index contributed by atoms with van der Waals surface area (Å²) in [5, 5.41) is 11.7. The van der Waals surface area contributed by atoms with Gasteiger partial charge in [-0.3, -0.25) is 4.79 Å². The van der Waals surface area contributed by atoms with Crippen LogP contribution in [0.15, 0.2) is 18.2 Å². The lowest BCUT2D eigenvalue weighted by atomic mass is 10.2. The Labute approximate surface area is 106 Å². The van der Waals surface area contributed by atoms with Crippen molar-refractivity contribution in [1.82, 2.24) is 5.32 Å². The Bertz CT molecular complexity index is 489. The second kappa shape index (κ2) is 5.41. The van der Waals surface area contributed by atoms with Crippen LogP contribution in [0.5, 0.6) is 5.75 Å². The average molecular weight is 245 g/mol. The highest BCUT2D eigenvalue weighted by Crippen LogP contribution is 2.27. The van der Waals surface area contributed by atoms with Crippen molar-refractivity contribution in [2.24, 2.45) is 5.92 Å². The molecule has 0 heterocycles. The summed E-state index contributed by atoms with van der Waals surface area (Å²) >= 11 is 0. The minimum Gasteiger partial charge on any atom is -0.482 e. The van der Waals surface area contributed by atoms with Crippen LogP contribution in [0.3, 0.4) is 0 Å². The summed E-state index contributed by atoms with van der Waals surface area (Å²) in [6.45, 7) is 0.639. The largest absolute Gasteiger partial charge is 0.482 e. The third-order valence-electron chi connectivity index (χ3n) is 2.77. The van der Waals surface area contributed by atoms with Gasteiger partial charge in [0.2, 0.25) is 0 Å². The van der Waals surface area contributed by atoms with E-state index in [9.17, 15) is 4.79 Å². The average Bonchev–Trinajstić information content (AvgIpc) is 3.18. The van der Waals surface area contributed by atoms with Crippen LogP contribution in [-0.2, 0) is 4.79 Å². The van der Waals surface area contributed by atoms with Gasteiger partial charge in [0.15, 0.2) is 6.61 Å². The Morgan fingerprint density at radius 1 is 1.56 bits per heavy atom. The lowest BCUT2D eigenvalue weighted by Crippen LogP contribution is -2.30. The molecule has 18 heavy (non-hydrogen) atoms. The van der Waals surface area contributed by atoms with Crippen molar-refractivity contribution in [3.63, 3.8) is 0 Å². The van der Waals surface area contributed by atoms with Crippen LogP contribution >= 0.6 is 0 Å². The number of hydrogen-bond acceptors (Lipinski definition) is 4. The number of nitrogen functional groups attached to an aromatic ring is 1. The second-order valence-corrected chi connectivity index (χ2v) is 4.40. The molecule has 0 unspecified atom stereocenters. The zero-order chi connectivity index (χ0) is 13.0. The van der Waals surface area contributed by atoms with E-state index in [1.807, 2.05) is 6.07 Å². The van der Waals surface area contributed by atoms with Gasteiger partial charge in [0.25, 0.3) is 5.91 Å². The van der Waals surface area contributed by atoms with Gasteiger partial charge in [-0.25, -0.2) is 0 Å². The Morgan fingerprint density at radius 2 is 2.33 bits per heavy atom. The molecule has 0 aromatic heterocycles. The maximum atomic E-state index is 11.5. The van der Waals surface area contributed by atoms with Gasteiger partial charge in [-0.15, -0.1) is 0 Å². The van der Waals surface area contributed by atoms with Crippen molar-refractivity contribution >= 4 is 11.6 Å². The first-order valence-electron chi connectivity index (χ1n) is 5.88. The molecular formula is C13H15N3O2. The Kier molecular flexibility index (Phi) is 3.68. The zero-order valence-electron chi connectivity index (χ0n) is 9.98. The number of nitrogens with one attached hydrogen (secondary N) is 1. The predicted molar refractivity (Wildman–Crippen MR) is 66.8 cm³/mol. The highest BCUT2D eigenvalue weighted by atomic mass is 16.5. The third kappa shape index (κ3) is 3.39. The van der Waals surface area contributed by atoms with Crippen LogP contribution in [0.4, 0.5) is 5.69 Å². The molecule has 0 radical (unpaired) electrons. The van der Waals surface area contributed by atoms with Crippen LogP contribution in [0, 0.1) is 17.2 Å². The molecule has 1 aliphatic carbocycles. The number of anilines is 1. The van der Waals surface area contributed by atoms with Crippen LogP contribution in [0.1, 0.15) is 18.4 Å². The fourth-order valence-electron chi connectivity index (χ4n) is 1.54. The van der Waals surface area contributed by atoms with Crippen LogP contribution in [0.25, 0.3) is 0 Å². The summed E-state index contributed by atoms with van der Waals surface area (Å²) < 4.78 is 5.31. The van der Waals surface area contributed by atoms with Crippen LogP contribution < -0.4 is 15.8 Å². The number of rotatable bonds is 5. The molecule has 1 amide bonds. The molecule has 0 saturated heterocycles. The van der Waals surface area contributed by atoms with Crippen molar-refractivity contribution in [1.29, 1.82) is 5.26 Å².